The fraction of sp³-hybridized carbons (Fsp3) is 0.333. The minimum Gasteiger partial charge on any atom is -0.480 e. The molecule has 23 heavy (non-hydrogen) atoms. The van der Waals surface area contributed by atoms with Gasteiger partial charge in [-0.25, -0.2) is 0 Å². The molecule has 0 aliphatic rings. The molecule has 2 aromatic rings. The molecule has 0 aliphatic heterocycles. The van der Waals surface area contributed by atoms with Gasteiger partial charge in [0.05, 0.1) is 0 Å². The molecule has 4 nitrogen and oxygen atoms in total. The standard InChI is InChI=1S/C18H21ClN2O2/c1-18(2,3)14-7-12(9-20-11-14)10-21-16(17(22)23)13-5-4-6-15(19)8-13/h4-9,11,16,21H,10H2,1-3H3,(H,22,23). The number of carboxylic acid groups (broad SMARTS) is 1. The highest BCUT2D eigenvalue weighted by Crippen LogP contribution is 2.23. The summed E-state index contributed by atoms with van der Waals surface area (Å²) in [6.07, 6.45) is 3.59. The van der Waals surface area contributed by atoms with Crippen LogP contribution in [0, 0.1) is 0 Å². The average Bonchev–Trinajstić information content (AvgIpc) is 2.46. The number of pyridine rings is 1. The smallest absolute Gasteiger partial charge is 0.325 e. The molecule has 1 unspecified atom stereocenters. The summed E-state index contributed by atoms with van der Waals surface area (Å²) >= 11 is 5.95. The minimum atomic E-state index is -0.938. The lowest BCUT2D eigenvalue weighted by Gasteiger charge is -2.20. The van der Waals surface area contributed by atoms with Gasteiger partial charge in [-0.1, -0.05) is 50.6 Å². The maximum absolute atomic E-state index is 11.5. The van der Waals surface area contributed by atoms with Crippen LogP contribution in [0.5, 0.6) is 0 Å². The fourth-order valence-corrected chi connectivity index (χ4v) is 2.45. The van der Waals surface area contributed by atoms with Crippen LogP contribution in [0.1, 0.15) is 43.5 Å². The van der Waals surface area contributed by atoms with E-state index in [-0.39, 0.29) is 5.41 Å². The van der Waals surface area contributed by atoms with Gasteiger partial charge in [0.1, 0.15) is 6.04 Å². The van der Waals surface area contributed by atoms with Crippen molar-refractivity contribution in [2.24, 2.45) is 0 Å². The van der Waals surface area contributed by atoms with Gasteiger partial charge in [0.15, 0.2) is 0 Å². The van der Waals surface area contributed by atoms with Crippen molar-refractivity contribution < 1.29 is 9.90 Å². The van der Waals surface area contributed by atoms with E-state index >= 15 is 0 Å². The van der Waals surface area contributed by atoms with Crippen molar-refractivity contribution in [3.63, 3.8) is 0 Å². The second-order valence-electron chi connectivity index (χ2n) is 6.54. The molecule has 1 aromatic carbocycles. The Labute approximate surface area is 141 Å². The van der Waals surface area contributed by atoms with Gasteiger partial charge < -0.3 is 5.11 Å². The Morgan fingerprint density at radius 2 is 2.04 bits per heavy atom. The first kappa shape index (κ1) is 17.4. The molecule has 0 radical (unpaired) electrons. The summed E-state index contributed by atoms with van der Waals surface area (Å²) in [6, 6.07) is 8.12. The van der Waals surface area contributed by atoms with Gasteiger partial charge >= 0.3 is 5.97 Å². The number of nitrogens with one attached hydrogen (secondary N) is 1. The lowest BCUT2D eigenvalue weighted by Crippen LogP contribution is -2.28. The van der Waals surface area contributed by atoms with Crippen molar-refractivity contribution in [2.45, 2.75) is 38.8 Å². The maximum Gasteiger partial charge on any atom is 0.325 e. The van der Waals surface area contributed by atoms with Gasteiger partial charge in [-0.2, -0.15) is 0 Å². The second kappa shape index (κ2) is 7.11. The van der Waals surface area contributed by atoms with Crippen molar-refractivity contribution in [3.8, 4) is 0 Å². The molecule has 5 heteroatoms. The Kier molecular flexibility index (Phi) is 5.39. The predicted octanol–water partition coefficient (Wildman–Crippen LogP) is 3.95. The Morgan fingerprint density at radius 3 is 2.65 bits per heavy atom. The third-order valence-electron chi connectivity index (χ3n) is 3.60. The number of carbonyl (C=O) groups is 1. The van der Waals surface area contributed by atoms with Crippen molar-refractivity contribution in [1.82, 2.24) is 10.3 Å². The quantitative estimate of drug-likeness (QED) is 0.870. The Balaban J connectivity index is 2.15. The molecule has 122 valence electrons. The molecular weight excluding hydrogens is 312 g/mol. The Bertz CT molecular complexity index is 695. The van der Waals surface area contributed by atoms with E-state index in [4.69, 9.17) is 11.6 Å². The molecular formula is C18H21ClN2O2. The van der Waals surface area contributed by atoms with Crippen molar-refractivity contribution in [1.29, 1.82) is 0 Å². The number of benzene rings is 1. The zero-order valence-corrected chi connectivity index (χ0v) is 14.3. The Hall–Kier alpha value is -1.91. The van der Waals surface area contributed by atoms with Crippen LogP contribution in [-0.4, -0.2) is 16.1 Å². The van der Waals surface area contributed by atoms with Gasteiger partial charge in [-0.15, -0.1) is 0 Å². The molecule has 0 spiro atoms. The zero-order chi connectivity index (χ0) is 17.0. The first-order valence-electron chi connectivity index (χ1n) is 7.43. The normalized spacial score (nSPS) is 12.9. The monoisotopic (exact) mass is 332 g/mol. The van der Waals surface area contributed by atoms with Crippen LogP contribution in [0.25, 0.3) is 0 Å². The molecule has 0 saturated carbocycles. The van der Waals surface area contributed by atoms with E-state index in [0.29, 0.717) is 17.1 Å². The number of hydrogen-bond acceptors (Lipinski definition) is 3. The average molecular weight is 333 g/mol. The van der Waals surface area contributed by atoms with Gasteiger partial charge in [-0.3, -0.25) is 15.1 Å². The van der Waals surface area contributed by atoms with Crippen molar-refractivity contribution in [2.75, 3.05) is 0 Å². The zero-order valence-electron chi connectivity index (χ0n) is 13.5. The first-order valence-corrected chi connectivity index (χ1v) is 7.81. The molecule has 1 aromatic heterocycles. The largest absolute Gasteiger partial charge is 0.480 e. The second-order valence-corrected chi connectivity index (χ2v) is 6.98. The maximum atomic E-state index is 11.5. The molecule has 0 aliphatic carbocycles. The predicted molar refractivity (Wildman–Crippen MR) is 91.6 cm³/mol. The number of rotatable bonds is 5. The number of halogens is 1. The van der Waals surface area contributed by atoms with E-state index in [9.17, 15) is 9.90 Å². The first-order chi connectivity index (χ1) is 10.8. The van der Waals surface area contributed by atoms with Gasteiger partial charge in [-0.05, 0) is 34.2 Å². The highest BCUT2D eigenvalue weighted by atomic mass is 35.5. The van der Waals surface area contributed by atoms with E-state index in [2.05, 4.69) is 37.1 Å². The van der Waals surface area contributed by atoms with E-state index in [0.717, 1.165) is 11.1 Å². The molecule has 1 atom stereocenters. The van der Waals surface area contributed by atoms with Gasteiger partial charge in [0.2, 0.25) is 0 Å². The van der Waals surface area contributed by atoms with Crippen molar-refractivity contribution in [3.05, 3.63) is 64.4 Å². The molecule has 0 amide bonds. The third-order valence-corrected chi connectivity index (χ3v) is 3.84. The van der Waals surface area contributed by atoms with E-state index < -0.39 is 12.0 Å². The molecule has 0 bridgehead atoms. The van der Waals surface area contributed by atoms with Crippen LogP contribution in [0.3, 0.4) is 0 Å². The summed E-state index contributed by atoms with van der Waals surface area (Å²) < 4.78 is 0. The SMILES string of the molecule is CC(C)(C)c1cncc(CNC(C(=O)O)c2cccc(Cl)c2)c1. The van der Waals surface area contributed by atoms with Crippen LogP contribution in [0.2, 0.25) is 5.02 Å². The van der Waals surface area contributed by atoms with Crippen LogP contribution in [0.4, 0.5) is 0 Å². The lowest BCUT2D eigenvalue weighted by molar-refractivity contribution is -0.139. The highest BCUT2D eigenvalue weighted by Gasteiger charge is 2.20. The third kappa shape index (κ3) is 4.78. The molecule has 0 saturated heterocycles. The van der Waals surface area contributed by atoms with Gasteiger partial charge in [0, 0.05) is 24.0 Å². The number of aliphatic carboxylic acids is 1. The number of hydrogen-bond donors (Lipinski definition) is 2. The summed E-state index contributed by atoms with van der Waals surface area (Å²) in [4.78, 5) is 15.8. The van der Waals surface area contributed by atoms with Crippen molar-refractivity contribution >= 4 is 17.6 Å². The van der Waals surface area contributed by atoms with Crippen LogP contribution in [0.15, 0.2) is 42.7 Å². The van der Waals surface area contributed by atoms with E-state index in [1.165, 1.54) is 0 Å². The summed E-state index contributed by atoms with van der Waals surface area (Å²) in [7, 11) is 0. The summed E-state index contributed by atoms with van der Waals surface area (Å²) in [5, 5.41) is 13.0. The van der Waals surface area contributed by atoms with Crippen LogP contribution < -0.4 is 5.32 Å². The molecule has 2 rings (SSSR count). The lowest BCUT2D eigenvalue weighted by atomic mass is 9.87. The van der Waals surface area contributed by atoms with Gasteiger partial charge in [0.25, 0.3) is 0 Å². The minimum absolute atomic E-state index is 0.00215. The Morgan fingerprint density at radius 1 is 1.30 bits per heavy atom. The van der Waals surface area contributed by atoms with E-state index in [1.807, 2.05) is 6.20 Å². The topological polar surface area (TPSA) is 62.2 Å². The summed E-state index contributed by atoms with van der Waals surface area (Å²) in [6.45, 7) is 6.77. The van der Waals surface area contributed by atoms with Crippen LogP contribution in [-0.2, 0) is 16.8 Å². The highest BCUT2D eigenvalue weighted by molar-refractivity contribution is 6.30. The van der Waals surface area contributed by atoms with E-state index in [1.54, 1.807) is 30.5 Å². The fourth-order valence-electron chi connectivity index (χ4n) is 2.25. The molecule has 0 fully saturated rings. The van der Waals surface area contributed by atoms with Crippen LogP contribution >= 0.6 is 11.6 Å². The number of aromatic nitrogens is 1. The summed E-state index contributed by atoms with van der Waals surface area (Å²) in [5.41, 5.74) is 2.70. The summed E-state index contributed by atoms with van der Waals surface area (Å²) in [5.74, 6) is -0.938. The number of nitrogens with zero attached hydrogens (tertiary/aromatic N) is 1. The molecule has 2 N–H and O–H groups in total. The number of carboxylic acids is 1. The molecule has 1 heterocycles.